The number of pyridine rings is 1. The maximum Gasteiger partial charge on any atom is 0.309 e. The number of nitrogens with zero attached hydrogens (tertiary/aromatic N) is 1. The fourth-order valence-corrected chi connectivity index (χ4v) is 1.86. The van der Waals surface area contributed by atoms with Crippen LogP contribution in [0, 0.1) is 0 Å². The van der Waals surface area contributed by atoms with E-state index in [1.54, 1.807) is 18.2 Å². The molecule has 0 saturated heterocycles. The van der Waals surface area contributed by atoms with Gasteiger partial charge in [0, 0.05) is 5.56 Å². The SMILES string of the molecule is O=C(O)Cc1ccc(NC(=O)c2ccc(Br)c(O)c2)cn1. The number of rotatable bonds is 4. The second kappa shape index (κ2) is 6.36. The van der Waals surface area contributed by atoms with Crippen molar-refractivity contribution >= 4 is 33.5 Å². The standard InChI is InChI=1S/C14H11BrN2O4/c15-11-4-1-8(5-12(11)18)14(21)17-10-3-2-9(16-7-10)6-13(19)20/h1-5,7,18H,6H2,(H,17,21)(H,19,20). The number of aliphatic carboxylic acids is 1. The minimum absolute atomic E-state index is 0.0300. The fraction of sp³-hybridized carbons (Fsp3) is 0.0714. The Morgan fingerprint density at radius 2 is 2.00 bits per heavy atom. The number of amides is 1. The van der Waals surface area contributed by atoms with Gasteiger partial charge in [-0.1, -0.05) is 0 Å². The molecule has 1 heterocycles. The summed E-state index contributed by atoms with van der Waals surface area (Å²) in [7, 11) is 0. The summed E-state index contributed by atoms with van der Waals surface area (Å²) in [5, 5.41) is 20.8. The van der Waals surface area contributed by atoms with Crippen molar-refractivity contribution in [2.24, 2.45) is 0 Å². The minimum Gasteiger partial charge on any atom is -0.507 e. The number of hydrogen-bond donors (Lipinski definition) is 3. The summed E-state index contributed by atoms with van der Waals surface area (Å²) >= 11 is 3.13. The number of halogens is 1. The third-order valence-corrected chi connectivity index (χ3v) is 3.29. The highest BCUT2D eigenvalue weighted by atomic mass is 79.9. The van der Waals surface area contributed by atoms with Crippen molar-refractivity contribution in [3.63, 3.8) is 0 Å². The highest BCUT2D eigenvalue weighted by Crippen LogP contribution is 2.24. The molecule has 0 unspecified atom stereocenters. The van der Waals surface area contributed by atoms with Crippen LogP contribution in [0.15, 0.2) is 41.0 Å². The number of nitrogens with one attached hydrogen (secondary N) is 1. The predicted octanol–water partition coefficient (Wildman–Crippen LogP) is 2.43. The summed E-state index contributed by atoms with van der Waals surface area (Å²) in [4.78, 5) is 26.5. The number of carboxylic acid groups (broad SMARTS) is 1. The number of aromatic nitrogens is 1. The van der Waals surface area contributed by atoms with Crippen molar-refractivity contribution < 1.29 is 19.8 Å². The van der Waals surface area contributed by atoms with Crippen LogP contribution in [0.2, 0.25) is 0 Å². The Morgan fingerprint density at radius 1 is 1.24 bits per heavy atom. The van der Waals surface area contributed by atoms with Gasteiger partial charge in [0.2, 0.25) is 0 Å². The van der Waals surface area contributed by atoms with Crippen LogP contribution in [0.25, 0.3) is 0 Å². The zero-order valence-corrected chi connectivity index (χ0v) is 12.3. The molecule has 1 amide bonds. The van der Waals surface area contributed by atoms with E-state index in [4.69, 9.17) is 5.11 Å². The van der Waals surface area contributed by atoms with E-state index in [1.807, 2.05) is 0 Å². The first kappa shape index (κ1) is 15.0. The second-order valence-corrected chi connectivity index (χ2v) is 5.08. The summed E-state index contributed by atoms with van der Waals surface area (Å²) in [6.45, 7) is 0. The van der Waals surface area contributed by atoms with Gasteiger partial charge in [0.05, 0.1) is 28.5 Å². The Labute approximate surface area is 128 Å². The van der Waals surface area contributed by atoms with Gasteiger partial charge in [-0.25, -0.2) is 0 Å². The summed E-state index contributed by atoms with van der Waals surface area (Å²) in [6, 6.07) is 7.57. The lowest BCUT2D eigenvalue weighted by molar-refractivity contribution is -0.136. The first-order chi connectivity index (χ1) is 9.95. The van der Waals surface area contributed by atoms with Gasteiger partial charge < -0.3 is 15.5 Å². The third kappa shape index (κ3) is 4.03. The molecule has 7 heteroatoms. The molecule has 108 valence electrons. The molecule has 0 atom stereocenters. The monoisotopic (exact) mass is 350 g/mol. The van der Waals surface area contributed by atoms with Crippen molar-refractivity contribution in [2.45, 2.75) is 6.42 Å². The molecule has 1 aromatic heterocycles. The van der Waals surface area contributed by atoms with Gasteiger partial charge in [-0.15, -0.1) is 0 Å². The highest BCUT2D eigenvalue weighted by molar-refractivity contribution is 9.10. The van der Waals surface area contributed by atoms with Crippen LogP contribution < -0.4 is 5.32 Å². The molecule has 3 N–H and O–H groups in total. The van der Waals surface area contributed by atoms with E-state index in [0.29, 0.717) is 21.4 Å². The van der Waals surface area contributed by atoms with E-state index in [1.165, 1.54) is 18.3 Å². The van der Waals surface area contributed by atoms with Gasteiger partial charge in [-0.3, -0.25) is 14.6 Å². The van der Waals surface area contributed by atoms with E-state index < -0.39 is 11.9 Å². The summed E-state index contributed by atoms with van der Waals surface area (Å²) in [5.74, 6) is -1.40. The van der Waals surface area contributed by atoms with Crippen LogP contribution in [-0.4, -0.2) is 27.1 Å². The van der Waals surface area contributed by atoms with Gasteiger partial charge in [0.1, 0.15) is 5.75 Å². The molecule has 2 rings (SSSR count). The zero-order chi connectivity index (χ0) is 15.4. The van der Waals surface area contributed by atoms with Gasteiger partial charge in [0.25, 0.3) is 5.91 Å². The molecule has 0 radical (unpaired) electrons. The van der Waals surface area contributed by atoms with Crippen molar-refractivity contribution in [1.29, 1.82) is 0 Å². The number of benzene rings is 1. The topological polar surface area (TPSA) is 99.5 Å². The highest BCUT2D eigenvalue weighted by Gasteiger charge is 2.09. The first-order valence-electron chi connectivity index (χ1n) is 5.92. The molecule has 0 fully saturated rings. The van der Waals surface area contributed by atoms with Gasteiger partial charge >= 0.3 is 5.97 Å². The Morgan fingerprint density at radius 3 is 2.57 bits per heavy atom. The second-order valence-electron chi connectivity index (χ2n) is 4.23. The normalized spacial score (nSPS) is 10.1. The number of anilines is 1. The molecule has 0 aliphatic carbocycles. The number of aromatic hydroxyl groups is 1. The maximum absolute atomic E-state index is 12.0. The van der Waals surface area contributed by atoms with E-state index in [0.717, 1.165) is 0 Å². The number of hydrogen-bond acceptors (Lipinski definition) is 4. The zero-order valence-electron chi connectivity index (χ0n) is 10.7. The lowest BCUT2D eigenvalue weighted by Crippen LogP contribution is -2.12. The minimum atomic E-state index is -0.968. The Kier molecular flexibility index (Phi) is 4.54. The van der Waals surface area contributed by atoms with Crippen molar-refractivity contribution in [3.05, 3.63) is 52.3 Å². The Balaban J connectivity index is 2.08. The lowest BCUT2D eigenvalue weighted by Gasteiger charge is -2.06. The molecule has 6 nitrogen and oxygen atoms in total. The predicted molar refractivity (Wildman–Crippen MR) is 79.3 cm³/mol. The van der Waals surface area contributed by atoms with Crippen molar-refractivity contribution in [3.8, 4) is 5.75 Å². The molecule has 2 aromatic rings. The van der Waals surface area contributed by atoms with E-state index in [-0.39, 0.29) is 12.2 Å². The van der Waals surface area contributed by atoms with Crippen LogP contribution in [0.1, 0.15) is 16.1 Å². The number of carbonyl (C=O) groups is 2. The molecule has 0 spiro atoms. The molecule has 0 aliphatic heterocycles. The maximum atomic E-state index is 12.0. The molecule has 0 aliphatic rings. The van der Waals surface area contributed by atoms with Crippen LogP contribution in [0.5, 0.6) is 5.75 Å². The van der Waals surface area contributed by atoms with Gasteiger partial charge in [-0.2, -0.15) is 0 Å². The molecule has 21 heavy (non-hydrogen) atoms. The molecule has 0 saturated carbocycles. The van der Waals surface area contributed by atoms with Crippen molar-refractivity contribution in [1.82, 2.24) is 4.98 Å². The van der Waals surface area contributed by atoms with E-state index in [2.05, 4.69) is 26.2 Å². The van der Waals surface area contributed by atoms with E-state index in [9.17, 15) is 14.7 Å². The summed E-state index contributed by atoms with van der Waals surface area (Å²) in [6.07, 6.45) is 1.21. The summed E-state index contributed by atoms with van der Waals surface area (Å²) < 4.78 is 0.499. The first-order valence-corrected chi connectivity index (χ1v) is 6.71. The van der Waals surface area contributed by atoms with Gasteiger partial charge in [0.15, 0.2) is 0 Å². The molecular weight excluding hydrogens is 340 g/mol. The quantitative estimate of drug-likeness (QED) is 0.786. The number of phenols is 1. The van der Waals surface area contributed by atoms with Crippen LogP contribution in [-0.2, 0) is 11.2 Å². The van der Waals surface area contributed by atoms with E-state index >= 15 is 0 Å². The molecule has 1 aromatic carbocycles. The smallest absolute Gasteiger partial charge is 0.309 e. The third-order valence-electron chi connectivity index (χ3n) is 2.62. The number of carbonyl (C=O) groups excluding carboxylic acids is 1. The Hall–Kier alpha value is -2.41. The van der Waals surface area contributed by atoms with Crippen LogP contribution in [0.3, 0.4) is 0 Å². The summed E-state index contributed by atoms with van der Waals surface area (Å²) in [5.41, 5.74) is 1.14. The largest absolute Gasteiger partial charge is 0.507 e. The van der Waals surface area contributed by atoms with Gasteiger partial charge in [-0.05, 0) is 46.3 Å². The fourth-order valence-electron chi connectivity index (χ4n) is 1.62. The molecule has 0 bridgehead atoms. The average molecular weight is 351 g/mol. The van der Waals surface area contributed by atoms with Crippen LogP contribution in [0.4, 0.5) is 5.69 Å². The average Bonchev–Trinajstić information content (AvgIpc) is 2.43. The van der Waals surface area contributed by atoms with Crippen molar-refractivity contribution in [2.75, 3.05) is 5.32 Å². The van der Waals surface area contributed by atoms with Crippen LogP contribution >= 0.6 is 15.9 Å². The Bertz CT molecular complexity index is 686. The number of carboxylic acids is 1. The number of phenolic OH excluding ortho intramolecular Hbond substituents is 1. The molecular formula is C14H11BrN2O4. The lowest BCUT2D eigenvalue weighted by atomic mass is 10.2.